The zero-order valence-electron chi connectivity index (χ0n) is 11.0. The molecule has 0 heterocycles. The maximum absolute atomic E-state index is 11.4. The number of carbonyl (C=O) groups is 1. The van der Waals surface area contributed by atoms with E-state index in [1.54, 1.807) is 7.11 Å². The number of esters is 1. The van der Waals surface area contributed by atoms with Crippen LogP contribution in [0.3, 0.4) is 0 Å². The van der Waals surface area contributed by atoms with E-state index in [1.807, 2.05) is 6.92 Å². The minimum atomic E-state index is -0.136. The van der Waals surface area contributed by atoms with Crippen LogP contribution < -0.4 is 0 Å². The molecular weight excluding hydrogens is 206 g/mol. The SMILES string of the molecule is CCOC(=O)CN(CCCCOC)C(C)C. The van der Waals surface area contributed by atoms with E-state index in [0.717, 1.165) is 26.0 Å². The molecule has 0 aliphatic carbocycles. The van der Waals surface area contributed by atoms with Crippen molar-refractivity contribution in [2.24, 2.45) is 0 Å². The lowest BCUT2D eigenvalue weighted by Crippen LogP contribution is -2.37. The highest BCUT2D eigenvalue weighted by atomic mass is 16.5. The molecule has 96 valence electrons. The fourth-order valence-corrected chi connectivity index (χ4v) is 1.45. The summed E-state index contributed by atoms with van der Waals surface area (Å²) in [4.78, 5) is 13.5. The summed E-state index contributed by atoms with van der Waals surface area (Å²) in [5.74, 6) is -0.136. The van der Waals surface area contributed by atoms with E-state index < -0.39 is 0 Å². The highest BCUT2D eigenvalue weighted by Crippen LogP contribution is 2.02. The Morgan fingerprint density at radius 1 is 1.31 bits per heavy atom. The zero-order valence-corrected chi connectivity index (χ0v) is 11.0. The van der Waals surface area contributed by atoms with Crippen LogP contribution >= 0.6 is 0 Å². The Bertz CT molecular complexity index is 183. The zero-order chi connectivity index (χ0) is 12.4. The number of methoxy groups -OCH3 is 1. The fourth-order valence-electron chi connectivity index (χ4n) is 1.45. The first-order chi connectivity index (χ1) is 7.61. The molecule has 4 heteroatoms. The lowest BCUT2D eigenvalue weighted by Gasteiger charge is -2.25. The van der Waals surface area contributed by atoms with Crippen molar-refractivity contribution in [3.63, 3.8) is 0 Å². The Hall–Kier alpha value is -0.610. The molecule has 0 bridgehead atoms. The van der Waals surface area contributed by atoms with Crippen LogP contribution in [0.15, 0.2) is 0 Å². The summed E-state index contributed by atoms with van der Waals surface area (Å²) < 4.78 is 9.94. The van der Waals surface area contributed by atoms with Gasteiger partial charge in [0, 0.05) is 19.8 Å². The molecule has 0 saturated heterocycles. The van der Waals surface area contributed by atoms with Crippen molar-refractivity contribution in [1.29, 1.82) is 0 Å². The van der Waals surface area contributed by atoms with Gasteiger partial charge in [0.05, 0.1) is 13.2 Å². The van der Waals surface area contributed by atoms with Gasteiger partial charge >= 0.3 is 5.97 Å². The summed E-state index contributed by atoms with van der Waals surface area (Å²) in [6.07, 6.45) is 2.08. The highest BCUT2D eigenvalue weighted by Gasteiger charge is 2.13. The van der Waals surface area contributed by atoms with Crippen molar-refractivity contribution in [2.75, 3.05) is 33.4 Å². The molecule has 0 N–H and O–H groups in total. The molecule has 0 aromatic carbocycles. The number of hydrogen-bond donors (Lipinski definition) is 0. The van der Waals surface area contributed by atoms with Crippen LogP contribution in [-0.4, -0.2) is 50.3 Å². The Balaban J connectivity index is 3.83. The van der Waals surface area contributed by atoms with E-state index in [1.165, 1.54) is 0 Å². The molecule has 0 rings (SSSR count). The maximum Gasteiger partial charge on any atom is 0.320 e. The summed E-state index contributed by atoms with van der Waals surface area (Å²) in [5.41, 5.74) is 0. The van der Waals surface area contributed by atoms with E-state index in [2.05, 4.69) is 18.7 Å². The van der Waals surface area contributed by atoms with E-state index in [0.29, 0.717) is 19.2 Å². The van der Waals surface area contributed by atoms with Crippen molar-refractivity contribution in [2.45, 2.75) is 39.7 Å². The number of nitrogens with zero attached hydrogens (tertiary/aromatic N) is 1. The molecule has 0 spiro atoms. The molecule has 4 nitrogen and oxygen atoms in total. The van der Waals surface area contributed by atoms with Gasteiger partial charge in [-0.05, 0) is 40.2 Å². The minimum Gasteiger partial charge on any atom is -0.465 e. The van der Waals surface area contributed by atoms with Gasteiger partial charge in [-0.15, -0.1) is 0 Å². The second kappa shape index (κ2) is 9.60. The molecule has 0 atom stereocenters. The molecule has 0 radical (unpaired) electrons. The minimum absolute atomic E-state index is 0.136. The lowest BCUT2D eigenvalue weighted by atomic mass is 10.2. The molecule has 0 aliphatic rings. The van der Waals surface area contributed by atoms with Crippen LogP contribution in [0.2, 0.25) is 0 Å². The first-order valence-corrected chi connectivity index (χ1v) is 6.00. The largest absolute Gasteiger partial charge is 0.465 e. The molecule has 0 aromatic rings. The van der Waals surface area contributed by atoms with E-state index in [-0.39, 0.29) is 5.97 Å². The quantitative estimate of drug-likeness (QED) is 0.447. The normalized spacial score (nSPS) is 11.1. The second-order valence-corrected chi connectivity index (χ2v) is 4.07. The smallest absolute Gasteiger partial charge is 0.320 e. The number of ether oxygens (including phenoxy) is 2. The van der Waals surface area contributed by atoms with Gasteiger partial charge in [-0.1, -0.05) is 0 Å². The van der Waals surface area contributed by atoms with Crippen LogP contribution in [0.1, 0.15) is 33.6 Å². The summed E-state index contributed by atoms with van der Waals surface area (Å²) >= 11 is 0. The number of unbranched alkanes of at least 4 members (excludes halogenated alkanes) is 1. The average Bonchev–Trinajstić information content (AvgIpc) is 2.22. The predicted octanol–water partition coefficient (Wildman–Crippen LogP) is 1.69. The van der Waals surface area contributed by atoms with Crippen LogP contribution in [0.5, 0.6) is 0 Å². The van der Waals surface area contributed by atoms with Gasteiger partial charge in [0.15, 0.2) is 0 Å². The fraction of sp³-hybridized carbons (Fsp3) is 0.917. The maximum atomic E-state index is 11.4. The molecular formula is C12H25NO3. The number of carbonyl (C=O) groups excluding carboxylic acids is 1. The molecule has 16 heavy (non-hydrogen) atoms. The van der Waals surface area contributed by atoms with Crippen molar-refractivity contribution < 1.29 is 14.3 Å². The lowest BCUT2D eigenvalue weighted by molar-refractivity contribution is -0.144. The van der Waals surface area contributed by atoms with Crippen LogP contribution in [-0.2, 0) is 14.3 Å². The third-order valence-electron chi connectivity index (χ3n) is 2.41. The highest BCUT2D eigenvalue weighted by molar-refractivity contribution is 5.71. The van der Waals surface area contributed by atoms with Crippen molar-refractivity contribution >= 4 is 5.97 Å². The Labute approximate surface area is 98.9 Å². The third-order valence-corrected chi connectivity index (χ3v) is 2.41. The molecule has 0 fully saturated rings. The van der Waals surface area contributed by atoms with Gasteiger partial charge in [0.2, 0.25) is 0 Å². The predicted molar refractivity (Wildman–Crippen MR) is 64.5 cm³/mol. The van der Waals surface area contributed by atoms with Crippen molar-refractivity contribution in [3.8, 4) is 0 Å². The molecule has 0 saturated carbocycles. The first kappa shape index (κ1) is 15.4. The first-order valence-electron chi connectivity index (χ1n) is 6.00. The second-order valence-electron chi connectivity index (χ2n) is 4.07. The van der Waals surface area contributed by atoms with Crippen molar-refractivity contribution in [3.05, 3.63) is 0 Å². The van der Waals surface area contributed by atoms with Gasteiger partial charge in [-0.2, -0.15) is 0 Å². The van der Waals surface area contributed by atoms with Gasteiger partial charge in [-0.3, -0.25) is 9.69 Å². The topological polar surface area (TPSA) is 38.8 Å². The van der Waals surface area contributed by atoms with Gasteiger partial charge < -0.3 is 9.47 Å². The van der Waals surface area contributed by atoms with Crippen LogP contribution in [0.4, 0.5) is 0 Å². The van der Waals surface area contributed by atoms with Crippen LogP contribution in [0.25, 0.3) is 0 Å². The molecule has 0 aromatic heterocycles. The van der Waals surface area contributed by atoms with Gasteiger partial charge in [0.25, 0.3) is 0 Å². The Morgan fingerprint density at radius 2 is 2.00 bits per heavy atom. The summed E-state index contributed by atoms with van der Waals surface area (Å²) in [6, 6.07) is 0.368. The Kier molecular flexibility index (Phi) is 9.24. The molecule has 0 aliphatic heterocycles. The number of rotatable bonds is 9. The van der Waals surface area contributed by atoms with Crippen LogP contribution in [0, 0.1) is 0 Å². The van der Waals surface area contributed by atoms with Gasteiger partial charge in [0.1, 0.15) is 0 Å². The summed E-state index contributed by atoms with van der Waals surface area (Å²) in [7, 11) is 1.71. The van der Waals surface area contributed by atoms with E-state index in [4.69, 9.17) is 9.47 Å². The average molecular weight is 231 g/mol. The van der Waals surface area contributed by atoms with Crippen molar-refractivity contribution in [1.82, 2.24) is 4.90 Å². The standard InChI is InChI=1S/C12H25NO3/c1-5-16-12(14)10-13(11(2)3)8-6-7-9-15-4/h11H,5-10H2,1-4H3. The monoisotopic (exact) mass is 231 g/mol. The van der Waals surface area contributed by atoms with E-state index >= 15 is 0 Å². The molecule has 0 amide bonds. The van der Waals surface area contributed by atoms with Gasteiger partial charge in [-0.25, -0.2) is 0 Å². The number of hydrogen-bond acceptors (Lipinski definition) is 4. The molecule has 0 unspecified atom stereocenters. The third kappa shape index (κ3) is 7.65. The summed E-state index contributed by atoms with van der Waals surface area (Å²) in [6.45, 7) is 8.55. The van der Waals surface area contributed by atoms with E-state index in [9.17, 15) is 4.79 Å². The Morgan fingerprint density at radius 3 is 2.50 bits per heavy atom. The summed E-state index contributed by atoms with van der Waals surface area (Å²) in [5, 5.41) is 0.